The Hall–Kier alpha value is -1.16. The highest BCUT2D eigenvalue weighted by atomic mass is 35.5. The summed E-state index contributed by atoms with van der Waals surface area (Å²) in [5, 5.41) is 7.90. The molecule has 0 bridgehead atoms. The molecule has 0 radical (unpaired) electrons. The van der Waals surface area contributed by atoms with Gasteiger partial charge in [-0.25, -0.2) is 0 Å². The minimum atomic E-state index is -3.95. The highest BCUT2D eigenvalue weighted by molar-refractivity contribution is 7.99. The van der Waals surface area contributed by atoms with Crippen molar-refractivity contribution in [2.45, 2.75) is 10.1 Å². The van der Waals surface area contributed by atoms with Gasteiger partial charge in [0.05, 0.1) is 19.3 Å². The summed E-state index contributed by atoms with van der Waals surface area (Å²) in [5.74, 6) is 0.134. The molecule has 0 aliphatic carbocycles. The SMILES string of the molecule is COS(=O)(=O)c1ccc(Cl)cc1-c1nnc(SCCF)o1. The van der Waals surface area contributed by atoms with E-state index in [1.807, 2.05) is 0 Å². The highest BCUT2D eigenvalue weighted by Gasteiger charge is 2.23. The molecule has 6 nitrogen and oxygen atoms in total. The molecule has 10 heteroatoms. The van der Waals surface area contributed by atoms with Gasteiger partial charge in [-0.1, -0.05) is 23.4 Å². The predicted molar refractivity (Wildman–Crippen MR) is 75.6 cm³/mol. The van der Waals surface area contributed by atoms with Gasteiger partial charge in [-0.05, 0) is 18.2 Å². The first-order valence-corrected chi connectivity index (χ1v) is 8.38. The van der Waals surface area contributed by atoms with Gasteiger partial charge in [-0.2, -0.15) is 8.42 Å². The van der Waals surface area contributed by atoms with E-state index in [0.717, 1.165) is 18.9 Å². The maximum atomic E-state index is 12.1. The first-order valence-electron chi connectivity index (χ1n) is 5.60. The van der Waals surface area contributed by atoms with Crippen molar-refractivity contribution in [1.82, 2.24) is 10.2 Å². The first-order chi connectivity index (χ1) is 9.97. The van der Waals surface area contributed by atoms with Gasteiger partial charge in [0.15, 0.2) is 0 Å². The number of aromatic nitrogens is 2. The van der Waals surface area contributed by atoms with E-state index in [-0.39, 0.29) is 27.3 Å². The Balaban J connectivity index is 2.47. The van der Waals surface area contributed by atoms with Gasteiger partial charge in [-0.15, -0.1) is 10.2 Å². The molecule has 0 amide bonds. The topological polar surface area (TPSA) is 82.3 Å². The van der Waals surface area contributed by atoms with E-state index in [0.29, 0.717) is 5.02 Å². The van der Waals surface area contributed by atoms with Crippen LogP contribution in [0.4, 0.5) is 4.39 Å². The number of hydrogen-bond acceptors (Lipinski definition) is 7. The van der Waals surface area contributed by atoms with Crippen LogP contribution in [-0.2, 0) is 14.3 Å². The number of alkyl halides is 1. The third-order valence-electron chi connectivity index (χ3n) is 2.37. The number of thioether (sulfide) groups is 1. The van der Waals surface area contributed by atoms with E-state index in [9.17, 15) is 12.8 Å². The Morgan fingerprint density at radius 3 is 2.86 bits per heavy atom. The molecule has 0 aliphatic heterocycles. The van der Waals surface area contributed by atoms with E-state index in [1.54, 1.807) is 0 Å². The molecular formula is C11H10ClFN2O4S2. The summed E-state index contributed by atoms with van der Waals surface area (Å²) in [6.45, 7) is -0.539. The lowest BCUT2D eigenvalue weighted by Crippen LogP contribution is -2.04. The molecule has 0 N–H and O–H groups in total. The van der Waals surface area contributed by atoms with Crippen molar-refractivity contribution in [3.05, 3.63) is 23.2 Å². The molecule has 0 atom stereocenters. The largest absolute Gasteiger partial charge is 0.411 e. The third kappa shape index (κ3) is 3.73. The monoisotopic (exact) mass is 352 g/mol. The van der Waals surface area contributed by atoms with E-state index in [4.69, 9.17) is 16.0 Å². The lowest BCUT2D eigenvalue weighted by Gasteiger charge is -2.06. The van der Waals surface area contributed by atoms with Gasteiger partial charge < -0.3 is 4.42 Å². The fourth-order valence-electron chi connectivity index (χ4n) is 1.48. The fourth-order valence-corrected chi connectivity index (χ4v) is 2.97. The van der Waals surface area contributed by atoms with Crippen LogP contribution in [0.3, 0.4) is 0 Å². The molecule has 2 aromatic rings. The molecule has 0 unspecified atom stereocenters. The maximum Gasteiger partial charge on any atom is 0.297 e. The van der Waals surface area contributed by atoms with Crippen molar-refractivity contribution in [3.63, 3.8) is 0 Å². The second-order valence-electron chi connectivity index (χ2n) is 3.67. The molecule has 0 spiro atoms. The van der Waals surface area contributed by atoms with Crippen molar-refractivity contribution in [2.75, 3.05) is 19.5 Å². The Kier molecular flexibility index (Phi) is 5.20. The summed E-state index contributed by atoms with van der Waals surface area (Å²) in [5.41, 5.74) is 0.129. The van der Waals surface area contributed by atoms with Gasteiger partial charge in [-0.3, -0.25) is 8.57 Å². The predicted octanol–water partition coefficient (Wildman–Crippen LogP) is 2.79. The summed E-state index contributed by atoms with van der Waals surface area (Å²) in [6.07, 6.45) is 0. The van der Waals surface area contributed by atoms with E-state index in [1.165, 1.54) is 18.2 Å². The lowest BCUT2D eigenvalue weighted by atomic mass is 10.2. The number of halogens is 2. The average Bonchev–Trinajstić information content (AvgIpc) is 2.93. The van der Waals surface area contributed by atoms with Gasteiger partial charge in [0.1, 0.15) is 4.90 Å². The molecule has 1 aromatic carbocycles. The number of nitrogens with zero attached hydrogens (tertiary/aromatic N) is 2. The molecule has 0 saturated carbocycles. The van der Waals surface area contributed by atoms with E-state index < -0.39 is 16.8 Å². The standard InChI is InChI=1S/C11H10ClFN2O4S2/c1-18-21(16,17)9-3-2-7(12)6-8(9)10-14-15-11(19-10)20-5-4-13/h2-3,6H,4-5H2,1H3. The zero-order valence-corrected chi connectivity index (χ0v) is 13.1. The molecule has 2 rings (SSSR count). The van der Waals surface area contributed by atoms with Crippen LogP contribution >= 0.6 is 23.4 Å². The van der Waals surface area contributed by atoms with Crippen LogP contribution in [-0.4, -0.2) is 38.2 Å². The smallest absolute Gasteiger partial charge is 0.297 e. The van der Waals surface area contributed by atoms with Crippen molar-refractivity contribution >= 4 is 33.5 Å². The minimum Gasteiger partial charge on any atom is -0.411 e. The molecule has 1 aromatic heterocycles. The molecule has 114 valence electrons. The van der Waals surface area contributed by atoms with Crippen LogP contribution in [0.1, 0.15) is 0 Å². The van der Waals surface area contributed by atoms with Crippen molar-refractivity contribution in [3.8, 4) is 11.5 Å². The number of hydrogen-bond donors (Lipinski definition) is 0. The van der Waals surface area contributed by atoms with Crippen molar-refractivity contribution < 1.29 is 21.4 Å². The molecule has 21 heavy (non-hydrogen) atoms. The van der Waals surface area contributed by atoms with Crippen LogP contribution in [0.25, 0.3) is 11.5 Å². The molecule has 1 heterocycles. The fraction of sp³-hybridized carbons (Fsp3) is 0.273. The summed E-state index contributed by atoms with van der Waals surface area (Å²) in [4.78, 5) is -0.139. The Labute approximate surface area is 129 Å². The molecule has 0 aliphatic rings. The molecular weight excluding hydrogens is 343 g/mol. The number of benzene rings is 1. The van der Waals surface area contributed by atoms with Gasteiger partial charge in [0.2, 0.25) is 5.89 Å². The molecule has 0 fully saturated rings. The average molecular weight is 353 g/mol. The van der Waals surface area contributed by atoms with Gasteiger partial charge in [0, 0.05) is 10.8 Å². The number of rotatable bonds is 6. The second-order valence-corrected chi connectivity index (χ2v) is 6.84. The lowest BCUT2D eigenvalue weighted by molar-refractivity contribution is 0.397. The van der Waals surface area contributed by atoms with Crippen LogP contribution in [0, 0.1) is 0 Å². The van der Waals surface area contributed by atoms with Crippen LogP contribution in [0.15, 0.2) is 32.7 Å². The Morgan fingerprint density at radius 2 is 2.19 bits per heavy atom. The van der Waals surface area contributed by atoms with Gasteiger partial charge >= 0.3 is 0 Å². The summed E-state index contributed by atoms with van der Waals surface area (Å²) in [7, 11) is -2.91. The third-order valence-corrected chi connectivity index (χ3v) is 4.71. The van der Waals surface area contributed by atoms with Crippen LogP contribution in [0.5, 0.6) is 0 Å². The zero-order chi connectivity index (χ0) is 15.5. The van der Waals surface area contributed by atoms with E-state index in [2.05, 4.69) is 14.4 Å². The summed E-state index contributed by atoms with van der Waals surface area (Å²) < 4.78 is 45.6. The highest BCUT2D eigenvalue weighted by Crippen LogP contribution is 2.31. The maximum absolute atomic E-state index is 12.1. The normalized spacial score (nSPS) is 11.8. The first kappa shape index (κ1) is 16.2. The molecule has 0 saturated heterocycles. The van der Waals surface area contributed by atoms with Crippen molar-refractivity contribution in [2.24, 2.45) is 0 Å². The quantitative estimate of drug-likeness (QED) is 0.584. The van der Waals surface area contributed by atoms with Crippen LogP contribution in [0.2, 0.25) is 5.02 Å². The Morgan fingerprint density at radius 1 is 1.43 bits per heavy atom. The second kappa shape index (κ2) is 6.73. The minimum absolute atomic E-state index is 0.0329. The van der Waals surface area contributed by atoms with Gasteiger partial charge in [0.25, 0.3) is 15.3 Å². The summed E-state index contributed by atoms with van der Waals surface area (Å²) >= 11 is 6.90. The Bertz CT molecular complexity index is 736. The van der Waals surface area contributed by atoms with E-state index >= 15 is 0 Å². The zero-order valence-electron chi connectivity index (χ0n) is 10.7. The van der Waals surface area contributed by atoms with Crippen molar-refractivity contribution in [1.29, 1.82) is 0 Å². The van der Waals surface area contributed by atoms with Crippen LogP contribution < -0.4 is 0 Å². The summed E-state index contributed by atoms with van der Waals surface area (Å²) in [6, 6.07) is 4.08.